The van der Waals surface area contributed by atoms with Gasteiger partial charge in [0.25, 0.3) is 0 Å². The second-order valence-corrected chi connectivity index (χ2v) is 2.98. The molecule has 0 spiro atoms. The number of rotatable bonds is 5. The molecule has 0 saturated carbocycles. The number of amides is 1. The van der Waals surface area contributed by atoms with Crippen LogP contribution in [0.15, 0.2) is 0 Å². The van der Waals surface area contributed by atoms with Gasteiger partial charge in [-0.2, -0.15) is 0 Å². The lowest BCUT2D eigenvalue weighted by Crippen LogP contribution is -2.52. The first kappa shape index (κ1) is 10.4. The van der Waals surface area contributed by atoms with Gasteiger partial charge < -0.3 is 11.1 Å². The topological polar surface area (TPSA) is 55.1 Å². The molecule has 0 radical (unpaired) electrons. The third-order valence-corrected chi connectivity index (χ3v) is 1.86. The van der Waals surface area contributed by atoms with E-state index in [0.29, 0.717) is 0 Å². The van der Waals surface area contributed by atoms with Crippen molar-refractivity contribution in [3.05, 3.63) is 0 Å². The average molecular weight is 158 g/mol. The van der Waals surface area contributed by atoms with Crippen LogP contribution in [0, 0.1) is 0 Å². The first-order valence-corrected chi connectivity index (χ1v) is 4.11. The predicted octanol–water partition coefficient (Wildman–Crippen LogP) is 0.640. The number of nitrogens with two attached hydrogens (primary N) is 1. The van der Waals surface area contributed by atoms with Crippen LogP contribution in [0.25, 0.3) is 0 Å². The summed E-state index contributed by atoms with van der Waals surface area (Å²) in [6.07, 6.45) is 1.77. The van der Waals surface area contributed by atoms with Crippen molar-refractivity contribution in [3.8, 4) is 0 Å². The van der Waals surface area contributed by atoms with Crippen molar-refractivity contribution in [1.82, 2.24) is 5.32 Å². The normalized spacial score (nSPS) is 15.9. The molecule has 0 bridgehead atoms. The molecule has 0 aliphatic heterocycles. The van der Waals surface area contributed by atoms with Crippen LogP contribution in [0.5, 0.6) is 0 Å². The lowest BCUT2D eigenvalue weighted by Gasteiger charge is -2.26. The van der Waals surface area contributed by atoms with Crippen LogP contribution in [0.3, 0.4) is 0 Å². The molecule has 0 aromatic heterocycles. The summed E-state index contributed by atoms with van der Waals surface area (Å²) < 4.78 is 0. The molecule has 0 aromatic rings. The van der Waals surface area contributed by atoms with Crippen LogP contribution < -0.4 is 11.1 Å². The number of likely N-dealkylation sites (N-methyl/N-ethyl adjacent to an activating group) is 1. The zero-order valence-electron chi connectivity index (χ0n) is 7.61. The maximum Gasteiger partial charge on any atom is 0.237 e. The Bertz CT molecular complexity index is 128. The van der Waals surface area contributed by atoms with Crippen LogP contribution >= 0.6 is 0 Å². The summed E-state index contributed by atoms with van der Waals surface area (Å²) in [5.74, 6) is -0.263. The molecule has 3 heteroatoms. The van der Waals surface area contributed by atoms with Gasteiger partial charge in [0.2, 0.25) is 5.91 Å². The summed E-state index contributed by atoms with van der Waals surface area (Å²) in [4.78, 5) is 11.0. The highest BCUT2D eigenvalue weighted by Gasteiger charge is 2.28. The second-order valence-electron chi connectivity index (χ2n) is 2.98. The number of carbonyl (C=O) groups is 1. The molecule has 1 unspecified atom stereocenters. The van der Waals surface area contributed by atoms with Crippen molar-refractivity contribution < 1.29 is 4.79 Å². The standard InChI is InChI=1S/C8H18N2O/c1-4-6-8(3,7(9)11)10-5-2/h10H,4-6H2,1-3H3,(H2,9,11). The fourth-order valence-electron chi connectivity index (χ4n) is 1.19. The third-order valence-electron chi connectivity index (χ3n) is 1.86. The van der Waals surface area contributed by atoms with Crippen molar-refractivity contribution in [3.63, 3.8) is 0 Å². The SMILES string of the molecule is CCCC(C)(NCC)C(N)=O. The molecule has 0 saturated heterocycles. The van der Waals surface area contributed by atoms with Crippen LogP contribution in [0.2, 0.25) is 0 Å². The molecule has 1 amide bonds. The molecule has 0 aliphatic rings. The van der Waals surface area contributed by atoms with E-state index in [-0.39, 0.29) is 5.91 Å². The number of carbonyl (C=O) groups excluding carboxylic acids is 1. The Kier molecular flexibility index (Phi) is 4.11. The van der Waals surface area contributed by atoms with E-state index >= 15 is 0 Å². The smallest absolute Gasteiger partial charge is 0.237 e. The van der Waals surface area contributed by atoms with E-state index in [9.17, 15) is 4.79 Å². The van der Waals surface area contributed by atoms with Crippen molar-refractivity contribution in [1.29, 1.82) is 0 Å². The van der Waals surface area contributed by atoms with Gasteiger partial charge in [0, 0.05) is 0 Å². The summed E-state index contributed by atoms with van der Waals surface area (Å²) in [7, 11) is 0. The molecule has 3 nitrogen and oxygen atoms in total. The van der Waals surface area contributed by atoms with Crippen LogP contribution in [0.4, 0.5) is 0 Å². The molecular weight excluding hydrogens is 140 g/mol. The van der Waals surface area contributed by atoms with Gasteiger partial charge in [-0.05, 0) is 19.9 Å². The Morgan fingerprint density at radius 3 is 2.36 bits per heavy atom. The van der Waals surface area contributed by atoms with Crippen molar-refractivity contribution >= 4 is 5.91 Å². The summed E-state index contributed by atoms with van der Waals surface area (Å²) in [6, 6.07) is 0. The second kappa shape index (κ2) is 4.34. The van der Waals surface area contributed by atoms with Gasteiger partial charge in [-0.15, -0.1) is 0 Å². The third kappa shape index (κ3) is 2.89. The Morgan fingerprint density at radius 1 is 1.55 bits per heavy atom. The van der Waals surface area contributed by atoms with Crippen molar-refractivity contribution in [2.75, 3.05) is 6.54 Å². The molecule has 0 aromatic carbocycles. The first-order valence-electron chi connectivity index (χ1n) is 4.11. The van der Waals surface area contributed by atoms with E-state index in [2.05, 4.69) is 5.32 Å². The zero-order chi connectivity index (χ0) is 8.91. The van der Waals surface area contributed by atoms with Gasteiger partial charge in [0.15, 0.2) is 0 Å². The predicted molar refractivity (Wildman–Crippen MR) is 46.2 cm³/mol. The Labute approximate surface area is 68.3 Å². The fourth-order valence-corrected chi connectivity index (χ4v) is 1.19. The van der Waals surface area contributed by atoms with Crippen molar-refractivity contribution in [2.45, 2.75) is 39.2 Å². The van der Waals surface area contributed by atoms with Gasteiger partial charge in [-0.3, -0.25) is 4.79 Å². The Balaban J connectivity index is 4.13. The summed E-state index contributed by atoms with van der Waals surface area (Å²) in [5.41, 5.74) is 4.73. The monoisotopic (exact) mass is 158 g/mol. The van der Waals surface area contributed by atoms with Crippen LogP contribution in [-0.4, -0.2) is 18.0 Å². The summed E-state index contributed by atoms with van der Waals surface area (Å²) >= 11 is 0. The molecule has 3 N–H and O–H groups in total. The molecule has 0 fully saturated rings. The number of nitrogens with one attached hydrogen (secondary N) is 1. The number of primary amides is 1. The van der Waals surface area contributed by atoms with E-state index in [1.165, 1.54) is 0 Å². The fraction of sp³-hybridized carbons (Fsp3) is 0.875. The van der Waals surface area contributed by atoms with Crippen LogP contribution in [-0.2, 0) is 4.79 Å². The highest BCUT2D eigenvalue weighted by atomic mass is 16.1. The van der Waals surface area contributed by atoms with E-state index < -0.39 is 5.54 Å². The minimum Gasteiger partial charge on any atom is -0.368 e. The minimum absolute atomic E-state index is 0.263. The van der Waals surface area contributed by atoms with Gasteiger partial charge >= 0.3 is 0 Å². The molecule has 0 aliphatic carbocycles. The minimum atomic E-state index is -0.510. The Morgan fingerprint density at radius 2 is 2.09 bits per heavy atom. The quantitative estimate of drug-likeness (QED) is 0.617. The lowest BCUT2D eigenvalue weighted by molar-refractivity contribution is -0.124. The maximum atomic E-state index is 11.0. The largest absolute Gasteiger partial charge is 0.368 e. The van der Waals surface area contributed by atoms with Crippen LogP contribution in [0.1, 0.15) is 33.6 Å². The summed E-state index contributed by atoms with van der Waals surface area (Å²) in [6.45, 7) is 6.64. The summed E-state index contributed by atoms with van der Waals surface area (Å²) in [5, 5.41) is 3.08. The first-order chi connectivity index (χ1) is 5.06. The highest BCUT2D eigenvalue weighted by molar-refractivity contribution is 5.84. The molecule has 0 heterocycles. The highest BCUT2D eigenvalue weighted by Crippen LogP contribution is 2.10. The zero-order valence-corrected chi connectivity index (χ0v) is 7.61. The van der Waals surface area contributed by atoms with E-state index in [1.807, 2.05) is 20.8 Å². The number of hydrogen-bond donors (Lipinski definition) is 2. The lowest BCUT2D eigenvalue weighted by atomic mass is 9.95. The molecule has 0 rings (SSSR count). The molecule has 11 heavy (non-hydrogen) atoms. The average Bonchev–Trinajstić information content (AvgIpc) is 1.88. The molecule has 66 valence electrons. The molecular formula is C8H18N2O. The van der Waals surface area contributed by atoms with Crippen molar-refractivity contribution in [2.24, 2.45) is 5.73 Å². The van der Waals surface area contributed by atoms with E-state index in [0.717, 1.165) is 19.4 Å². The molecule has 1 atom stereocenters. The van der Waals surface area contributed by atoms with Gasteiger partial charge in [0.1, 0.15) is 0 Å². The number of hydrogen-bond acceptors (Lipinski definition) is 2. The van der Waals surface area contributed by atoms with E-state index in [4.69, 9.17) is 5.73 Å². The maximum absolute atomic E-state index is 11.0. The van der Waals surface area contributed by atoms with Gasteiger partial charge in [0.05, 0.1) is 5.54 Å². The van der Waals surface area contributed by atoms with Gasteiger partial charge in [-0.25, -0.2) is 0 Å². The van der Waals surface area contributed by atoms with E-state index in [1.54, 1.807) is 0 Å². The van der Waals surface area contributed by atoms with Gasteiger partial charge in [-0.1, -0.05) is 20.3 Å². The Hall–Kier alpha value is -0.570.